The van der Waals surface area contributed by atoms with Gasteiger partial charge in [0, 0.05) is 0 Å². The van der Waals surface area contributed by atoms with E-state index in [1.807, 2.05) is 0 Å². The van der Waals surface area contributed by atoms with Crippen molar-refractivity contribution in [2.45, 2.75) is 0 Å². The Balaban J connectivity index is 2.89. The second-order valence-corrected chi connectivity index (χ2v) is 3.29. The molecule has 62 valence electrons. The summed E-state index contributed by atoms with van der Waals surface area (Å²) in [5.41, 5.74) is 0.869. The summed E-state index contributed by atoms with van der Waals surface area (Å²) in [6, 6.07) is 2.77. The molecule has 0 aliphatic carbocycles. The standard InChI is InChI=1S/C7H2BrClFNO/c8-5-3(10)1-2-4-6(5)11-7(9)12-4/h1-2H. The van der Waals surface area contributed by atoms with E-state index in [2.05, 4.69) is 20.9 Å². The first-order valence-electron chi connectivity index (χ1n) is 3.08. The third-order valence-electron chi connectivity index (χ3n) is 1.43. The quantitative estimate of drug-likeness (QED) is 0.716. The molecular weight excluding hydrogens is 248 g/mol. The van der Waals surface area contributed by atoms with Gasteiger partial charge < -0.3 is 4.42 Å². The molecule has 0 aliphatic rings. The first-order valence-corrected chi connectivity index (χ1v) is 4.25. The molecule has 2 nitrogen and oxygen atoms in total. The Morgan fingerprint density at radius 3 is 3.00 bits per heavy atom. The van der Waals surface area contributed by atoms with Crippen LogP contribution >= 0.6 is 27.5 Å². The van der Waals surface area contributed by atoms with Crippen molar-refractivity contribution in [1.29, 1.82) is 0 Å². The summed E-state index contributed by atoms with van der Waals surface area (Å²) in [7, 11) is 0. The molecule has 2 rings (SSSR count). The number of rotatable bonds is 0. The van der Waals surface area contributed by atoms with Crippen LogP contribution in [0.5, 0.6) is 0 Å². The molecule has 0 amide bonds. The van der Waals surface area contributed by atoms with Crippen molar-refractivity contribution in [2.75, 3.05) is 0 Å². The van der Waals surface area contributed by atoms with Crippen molar-refractivity contribution in [3.63, 3.8) is 0 Å². The van der Waals surface area contributed by atoms with Crippen molar-refractivity contribution in [1.82, 2.24) is 4.98 Å². The van der Waals surface area contributed by atoms with Crippen LogP contribution in [-0.4, -0.2) is 4.98 Å². The molecule has 0 saturated carbocycles. The van der Waals surface area contributed by atoms with E-state index in [-0.39, 0.29) is 15.6 Å². The lowest BCUT2D eigenvalue weighted by atomic mass is 10.3. The highest BCUT2D eigenvalue weighted by Crippen LogP contribution is 2.28. The van der Waals surface area contributed by atoms with Crippen molar-refractivity contribution in [3.05, 3.63) is 27.8 Å². The molecule has 0 bridgehead atoms. The second-order valence-electron chi connectivity index (χ2n) is 2.17. The minimum atomic E-state index is -0.382. The Kier molecular flexibility index (Phi) is 1.81. The van der Waals surface area contributed by atoms with Crippen LogP contribution in [0.3, 0.4) is 0 Å². The molecule has 1 aromatic heterocycles. The van der Waals surface area contributed by atoms with Gasteiger partial charge in [-0.25, -0.2) is 4.39 Å². The number of halogens is 3. The van der Waals surface area contributed by atoms with Gasteiger partial charge >= 0.3 is 0 Å². The van der Waals surface area contributed by atoms with Gasteiger partial charge in [0.05, 0.1) is 4.47 Å². The smallest absolute Gasteiger partial charge is 0.293 e. The molecular formula is C7H2BrClFNO. The molecule has 0 atom stereocenters. The SMILES string of the molecule is Fc1ccc2oc(Cl)nc2c1Br. The lowest BCUT2D eigenvalue weighted by Gasteiger charge is -1.91. The van der Waals surface area contributed by atoms with Crippen molar-refractivity contribution < 1.29 is 8.81 Å². The third kappa shape index (κ3) is 1.11. The Bertz CT molecular complexity index is 442. The predicted molar refractivity (Wildman–Crippen MR) is 46.7 cm³/mol. The highest BCUT2D eigenvalue weighted by Gasteiger charge is 2.10. The van der Waals surface area contributed by atoms with E-state index in [0.717, 1.165) is 0 Å². The Morgan fingerprint density at radius 2 is 2.25 bits per heavy atom. The Morgan fingerprint density at radius 1 is 1.50 bits per heavy atom. The summed E-state index contributed by atoms with van der Waals surface area (Å²) in [5, 5.41) is 0.0105. The van der Waals surface area contributed by atoms with Gasteiger partial charge in [-0.2, -0.15) is 4.98 Å². The number of fused-ring (bicyclic) bond motifs is 1. The minimum absolute atomic E-state index is 0.0105. The maximum Gasteiger partial charge on any atom is 0.293 e. The number of aromatic nitrogens is 1. The van der Waals surface area contributed by atoms with Gasteiger partial charge in [0.25, 0.3) is 5.35 Å². The number of nitrogens with zero attached hydrogens (tertiary/aromatic N) is 1. The molecule has 5 heteroatoms. The van der Waals surface area contributed by atoms with Crippen LogP contribution in [0.2, 0.25) is 5.35 Å². The summed E-state index contributed by atoms with van der Waals surface area (Å²) in [4.78, 5) is 3.79. The summed E-state index contributed by atoms with van der Waals surface area (Å²) in [5.74, 6) is -0.382. The summed E-state index contributed by atoms with van der Waals surface area (Å²) in [6.45, 7) is 0. The van der Waals surface area contributed by atoms with Gasteiger partial charge in [0.2, 0.25) is 0 Å². The molecule has 0 spiro atoms. The van der Waals surface area contributed by atoms with Crippen molar-refractivity contribution >= 4 is 38.6 Å². The Hall–Kier alpha value is -0.610. The molecule has 0 unspecified atom stereocenters. The summed E-state index contributed by atoms with van der Waals surface area (Å²) < 4.78 is 18.1. The van der Waals surface area contributed by atoms with Crippen LogP contribution in [0.25, 0.3) is 11.1 Å². The van der Waals surface area contributed by atoms with Gasteiger partial charge in [-0.3, -0.25) is 0 Å². The van der Waals surface area contributed by atoms with E-state index in [1.165, 1.54) is 12.1 Å². The van der Waals surface area contributed by atoms with Crippen LogP contribution < -0.4 is 0 Å². The van der Waals surface area contributed by atoms with Crippen LogP contribution in [0, 0.1) is 5.82 Å². The maximum absolute atomic E-state index is 12.9. The number of benzene rings is 1. The molecule has 12 heavy (non-hydrogen) atoms. The summed E-state index contributed by atoms with van der Waals surface area (Å²) in [6.07, 6.45) is 0. The highest BCUT2D eigenvalue weighted by molar-refractivity contribution is 9.10. The van der Waals surface area contributed by atoms with Crippen LogP contribution in [0.1, 0.15) is 0 Å². The van der Waals surface area contributed by atoms with Crippen molar-refractivity contribution in [3.8, 4) is 0 Å². The zero-order valence-electron chi connectivity index (χ0n) is 5.64. The van der Waals surface area contributed by atoms with E-state index in [9.17, 15) is 4.39 Å². The van der Waals surface area contributed by atoms with Gasteiger partial charge in [0.1, 0.15) is 11.3 Å². The molecule has 0 aliphatic heterocycles. The van der Waals surface area contributed by atoms with Crippen LogP contribution in [0.4, 0.5) is 4.39 Å². The first-order chi connectivity index (χ1) is 5.68. The van der Waals surface area contributed by atoms with Crippen molar-refractivity contribution in [2.24, 2.45) is 0 Å². The van der Waals surface area contributed by atoms with Crippen LogP contribution in [-0.2, 0) is 0 Å². The summed E-state index contributed by atoms with van der Waals surface area (Å²) >= 11 is 8.52. The van der Waals surface area contributed by atoms with E-state index in [4.69, 9.17) is 16.0 Å². The maximum atomic E-state index is 12.9. The van der Waals surface area contributed by atoms with E-state index < -0.39 is 0 Å². The van der Waals surface area contributed by atoms with Gasteiger partial charge in [0.15, 0.2) is 5.58 Å². The average Bonchev–Trinajstić information content (AvgIpc) is 2.39. The molecule has 0 N–H and O–H groups in total. The molecule has 0 radical (unpaired) electrons. The topological polar surface area (TPSA) is 26.0 Å². The number of oxazole rings is 1. The average molecular weight is 250 g/mol. The third-order valence-corrected chi connectivity index (χ3v) is 2.34. The Labute approximate surface area is 80.5 Å². The lowest BCUT2D eigenvalue weighted by Crippen LogP contribution is -1.77. The molecule has 0 fully saturated rings. The largest absolute Gasteiger partial charge is 0.428 e. The zero-order valence-corrected chi connectivity index (χ0v) is 7.99. The fourth-order valence-electron chi connectivity index (χ4n) is 0.910. The van der Waals surface area contributed by atoms with Gasteiger partial charge in [-0.1, -0.05) is 0 Å². The number of hydrogen-bond acceptors (Lipinski definition) is 2. The number of hydrogen-bond donors (Lipinski definition) is 0. The molecule has 2 aromatic rings. The zero-order chi connectivity index (χ0) is 8.72. The lowest BCUT2D eigenvalue weighted by molar-refractivity contribution is 0.600. The van der Waals surface area contributed by atoms with E-state index >= 15 is 0 Å². The van der Waals surface area contributed by atoms with E-state index in [0.29, 0.717) is 11.1 Å². The van der Waals surface area contributed by atoms with Crippen LogP contribution in [0.15, 0.2) is 21.0 Å². The van der Waals surface area contributed by atoms with Gasteiger partial charge in [-0.05, 0) is 39.7 Å². The molecule has 0 saturated heterocycles. The van der Waals surface area contributed by atoms with E-state index in [1.54, 1.807) is 0 Å². The second kappa shape index (κ2) is 2.71. The minimum Gasteiger partial charge on any atom is -0.428 e. The molecule has 1 aromatic carbocycles. The van der Waals surface area contributed by atoms with Gasteiger partial charge in [-0.15, -0.1) is 0 Å². The molecule has 1 heterocycles. The highest BCUT2D eigenvalue weighted by atomic mass is 79.9. The fraction of sp³-hybridized carbons (Fsp3) is 0. The normalized spacial score (nSPS) is 10.9. The fourth-order valence-corrected chi connectivity index (χ4v) is 1.49. The predicted octanol–water partition coefficient (Wildman–Crippen LogP) is 3.38. The monoisotopic (exact) mass is 249 g/mol. The first kappa shape index (κ1) is 8.01.